The third kappa shape index (κ3) is 3.35. The van der Waals surface area contributed by atoms with Gasteiger partial charge in [-0.2, -0.15) is 10.2 Å². The van der Waals surface area contributed by atoms with E-state index >= 15 is 0 Å². The van der Waals surface area contributed by atoms with Gasteiger partial charge >= 0.3 is 0 Å². The summed E-state index contributed by atoms with van der Waals surface area (Å²) >= 11 is 0. The van der Waals surface area contributed by atoms with Gasteiger partial charge in [-0.25, -0.2) is 0 Å². The number of rotatable bonds is 3. The molecule has 2 aromatic rings. The van der Waals surface area contributed by atoms with Gasteiger partial charge in [0.2, 0.25) is 0 Å². The van der Waals surface area contributed by atoms with Crippen molar-refractivity contribution in [1.82, 2.24) is 0 Å². The number of hydrogen-bond donors (Lipinski definition) is 4. The molecule has 0 heterocycles. The molecule has 0 aliphatic heterocycles. The summed E-state index contributed by atoms with van der Waals surface area (Å²) < 4.78 is 0. The fourth-order valence-electron chi connectivity index (χ4n) is 1.91. The Hall–Kier alpha value is -3.02. The lowest BCUT2D eigenvalue weighted by Crippen LogP contribution is -1.97. The number of benzene rings is 2. The van der Waals surface area contributed by atoms with Crippen molar-refractivity contribution in [2.45, 2.75) is 13.8 Å². The third-order valence-corrected chi connectivity index (χ3v) is 3.09. The van der Waals surface area contributed by atoms with Crippen LogP contribution in [0.4, 0.5) is 0 Å². The van der Waals surface area contributed by atoms with Crippen LogP contribution < -0.4 is 0 Å². The van der Waals surface area contributed by atoms with E-state index in [0.717, 1.165) is 0 Å². The quantitative estimate of drug-likeness (QED) is 0.516. The van der Waals surface area contributed by atoms with Crippen molar-refractivity contribution < 1.29 is 20.4 Å². The fraction of sp³-hybridized carbons (Fsp3) is 0.125. The molecule has 22 heavy (non-hydrogen) atoms. The van der Waals surface area contributed by atoms with Gasteiger partial charge in [-0.1, -0.05) is 0 Å². The van der Waals surface area contributed by atoms with Crippen molar-refractivity contribution in [1.29, 1.82) is 0 Å². The molecule has 0 atom stereocenters. The first kappa shape index (κ1) is 15.4. The summed E-state index contributed by atoms with van der Waals surface area (Å²) in [6.45, 7) is 3.33. The summed E-state index contributed by atoms with van der Waals surface area (Å²) in [5, 5.41) is 46.1. The largest absolute Gasteiger partial charge is 0.508 e. The lowest BCUT2D eigenvalue weighted by Gasteiger charge is -2.05. The molecule has 6 nitrogen and oxygen atoms in total. The van der Waals surface area contributed by atoms with E-state index in [4.69, 9.17) is 0 Å². The number of aromatic hydroxyl groups is 4. The third-order valence-electron chi connectivity index (χ3n) is 3.09. The first-order valence-electron chi connectivity index (χ1n) is 6.52. The van der Waals surface area contributed by atoms with Crippen LogP contribution >= 0.6 is 0 Å². The van der Waals surface area contributed by atoms with E-state index in [1.165, 1.54) is 36.4 Å². The molecule has 4 N–H and O–H groups in total. The van der Waals surface area contributed by atoms with E-state index in [1.54, 1.807) is 13.8 Å². The van der Waals surface area contributed by atoms with Crippen LogP contribution in [0, 0.1) is 0 Å². The zero-order valence-corrected chi connectivity index (χ0v) is 12.1. The summed E-state index contributed by atoms with van der Waals surface area (Å²) in [6, 6.07) is 8.39. The second-order valence-electron chi connectivity index (χ2n) is 4.77. The Labute approximate surface area is 127 Å². The molecular formula is C16H16N2O4. The van der Waals surface area contributed by atoms with Gasteiger partial charge in [0.15, 0.2) is 0 Å². The maximum absolute atomic E-state index is 9.76. The fourth-order valence-corrected chi connectivity index (χ4v) is 1.91. The van der Waals surface area contributed by atoms with Gasteiger partial charge in [0.1, 0.15) is 23.0 Å². The highest BCUT2D eigenvalue weighted by atomic mass is 16.3. The minimum atomic E-state index is -0.0958. The van der Waals surface area contributed by atoms with Gasteiger partial charge in [-0.3, -0.25) is 0 Å². The number of nitrogens with zero attached hydrogens (tertiary/aromatic N) is 2. The second kappa shape index (κ2) is 6.17. The molecule has 0 aromatic heterocycles. The molecule has 0 amide bonds. The molecule has 0 spiro atoms. The summed E-state index contributed by atoms with van der Waals surface area (Å²) in [7, 11) is 0. The molecule has 0 saturated heterocycles. The van der Waals surface area contributed by atoms with Crippen molar-refractivity contribution in [3.8, 4) is 23.0 Å². The van der Waals surface area contributed by atoms with Crippen LogP contribution in [0.15, 0.2) is 46.6 Å². The molecule has 0 radical (unpaired) electrons. The first-order valence-corrected chi connectivity index (χ1v) is 6.52. The van der Waals surface area contributed by atoms with Crippen LogP contribution in [0.1, 0.15) is 25.0 Å². The topological polar surface area (TPSA) is 106 Å². The standard InChI is InChI=1S/C16H16N2O4/c1-9(13-5-3-11(19)7-15(13)21)17-18-10(2)14-6-4-12(20)8-16(14)22/h3-8,19-22H,1-2H3/b17-9+,18-10+. The van der Waals surface area contributed by atoms with Gasteiger partial charge in [-0.15, -0.1) is 0 Å². The van der Waals surface area contributed by atoms with Gasteiger partial charge < -0.3 is 20.4 Å². The maximum atomic E-state index is 9.76. The van der Waals surface area contributed by atoms with E-state index in [-0.39, 0.29) is 23.0 Å². The van der Waals surface area contributed by atoms with Gasteiger partial charge in [0.05, 0.1) is 11.4 Å². The summed E-state index contributed by atoms with van der Waals surface area (Å²) in [6.07, 6.45) is 0. The molecule has 0 aliphatic carbocycles. The van der Waals surface area contributed by atoms with Crippen LogP contribution in [0.3, 0.4) is 0 Å². The smallest absolute Gasteiger partial charge is 0.128 e. The van der Waals surface area contributed by atoms with Crippen LogP contribution in [-0.4, -0.2) is 31.8 Å². The Kier molecular flexibility index (Phi) is 4.31. The van der Waals surface area contributed by atoms with E-state index in [9.17, 15) is 20.4 Å². The van der Waals surface area contributed by atoms with Crippen LogP contribution in [0.2, 0.25) is 0 Å². The molecule has 2 rings (SSSR count). The van der Waals surface area contributed by atoms with E-state index in [1.807, 2.05) is 0 Å². The van der Waals surface area contributed by atoms with Crippen molar-refractivity contribution >= 4 is 11.4 Å². The molecule has 0 saturated carbocycles. The highest BCUT2D eigenvalue weighted by Crippen LogP contribution is 2.24. The second-order valence-corrected chi connectivity index (χ2v) is 4.77. The minimum Gasteiger partial charge on any atom is -0.508 e. The normalized spacial score (nSPS) is 12.5. The Balaban J connectivity index is 2.32. The Morgan fingerprint density at radius 3 is 1.36 bits per heavy atom. The molecule has 6 heteroatoms. The highest BCUT2D eigenvalue weighted by molar-refractivity contribution is 6.04. The number of phenolic OH excluding ortho intramolecular Hbond substituents is 4. The zero-order chi connectivity index (χ0) is 16.3. The maximum Gasteiger partial charge on any atom is 0.128 e. The highest BCUT2D eigenvalue weighted by Gasteiger charge is 2.07. The lowest BCUT2D eigenvalue weighted by atomic mass is 10.1. The number of phenols is 4. The monoisotopic (exact) mass is 300 g/mol. The molecule has 0 unspecified atom stereocenters. The van der Waals surface area contributed by atoms with Crippen LogP contribution in [0.25, 0.3) is 0 Å². The summed E-state index contributed by atoms with van der Waals surface area (Å²) in [4.78, 5) is 0. The molecule has 114 valence electrons. The van der Waals surface area contributed by atoms with Crippen LogP contribution in [-0.2, 0) is 0 Å². The average molecular weight is 300 g/mol. The van der Waals surface area contributed by atoms with Crippen molar-refractivity contribution in [2.75, 3.05) is 0 Å². The van der Waals surface area contributed by atoms with Crippen molar-refractivity contribution in [3.05, 3.63) is 47.5 Å². The first-order chi connectivity index (χ1) is 10.4. The average Bonchev–Trinajstić information content (AvgIpc) is 2.44. The molecule has 0 aliphatic rings. The van der Waals surface area contributed by atoms with Gasteiger partial charge in [-0.05, 0) is 38.1 Å². The zero-order valence-electron chi connectivity index (χ0n) is 12.1. The van der Waals surface area contributed by atoms with E-state index < -0.39 is 0 Å². The summed E-state index contributed by atoms with van der Waals surface area (Å²) in [5.74, 6) is -0.270. The predicted molar refractivity (Wildman–Crippen MR) is 84.0 cm³/mol. The molecule has 0 fully saturated rings. The molecular weight excluding hydrogens is 284 g/mol. The van der Waals surface area contributed by atoms with Gasteiger partial charge in [0.25, 0.3) is 0 Å². The summed E-state index contributed by atoms with van der Waals surface area (Å²) in [5.41, 5.74) is 1.80. The Bertz CT molecular complexity index is 701. The lowest BCUT2D eigenvalue weighted by molar-refractivity contribution is 0.448. The SMILES string of the molecule is C/C(=N\N=C(/C)c1ccc(O)cc1O)c1ccc(O)cc1O. The predicted octanol–water partition coefficient (Wildman–Crippen LogP) is 2.74. The molecule has 0 bridgehead atoms. The van der Waals surface area contributed by atoms with Crippen LogP contribution in [0.5, 0.6) is 23.0 Å². The van der Waals surface area contributed by atoms with E-state index in [0.29, 0.717) is 22.6 Å². The van der Waals surface area contributed by atoms with Gasteiger partial charge in [0, 0.05) is 23.3 Å². The van der Waals surface area contributed by atoms with Crippen molar-refractivity contribution in [3.63, 3.8) is 0 Å². The Morgan fingerprint density at radius 1 is 0.682 bits per heavy atom. The van der Waals surface area contributed by atoms with Crippen molar-refractivity contribution in [2.24, 2.45) is 10.2 Å². The van der Waals surface area contributed by atoms with E-state index in [2.05, 4.69) is 10.2 Å². The molecule has 2 aromatic carbocycles. The number of hydrogen-bond acceptors (Lipinski definition) is 6. The minimum absolute atomic E-state index is 0.0391. The Morgan fingerprint density at radius 2 is 1.05 bits per heavy atom.